The van der Waals surface area contributed by atoms with Crippen molar-refractivity contribution in [3.05, 3.63) is 29.7 Å². The van der Waals surface area contributed by atoms with Crippen molar-refractivity contribution in [1.29, 1.82) is 0 Å². The van der Waals surface area contributed by atoms with Crippen LogP contribution in [0.25, 0.3) is 11.3 Å². The molecule has 0 bridgehead atoms. The number of aryl methyl sites for hydroxylation is 2. The van der Waals surface area contributed by atoms with Gasteiger partial charge >= 0.3 is 0 Å². The van der Waals surface area contributed by atoms with Gasteiger partial charge in [0.25, 0.3) is 0 Å². The van der Waals surface area contributed by atoms with Crippen LogP contribution in [0.15, 0.2) is 18.5 Å². The first-order valence-corrected chi connectivity index (χ1v) is 5.39. The molecule has 84 valence electrons. The highest BCUT2D eigenvalue weighted by Crippen LogP contribution is 2.28. The summed E-state index contributed by atoms with van der Waals surface area (Å²) in [6, 6.07) is 1.92. The molecule has 0 radical (unpaired) electrons. The molecule has 0 fully saturated rings. The molecule has 0 atom stereocenters. The summed E-state index contributed by atoms with van der Waals surface area (Å²) in [5.74, 6) is 0. The van der Waals surface area contributed by atoms with Gasteiger partial charge in [-0.05, 0) is 32.4 Å². The summed E-state index contributed by atoms with van der Waals surface area (Å²) in [6.45, 7) is 6.95. The largest absolute Gasteiger partial charge is 0.397 e. The molecule has 4 heteroatoms. The molecule has 0 amide bonds. The van der Waals surface area contributed by atoms with Gasteiger partial charge in [-0.25, -0.2) is 0 Å². The first kappa shape index (κ1) is 10.7. The number of nitrogens with two attached hydrogens (primary N) is 1. The van der Waals surface area contributed by atoms with E-state index in [2.05, 4.69) is 17.0 Å². The first-order chi connectivity index (χ1) is 7.65. The fourth-order valence-corrected chi connectivity index (χ4v) is 1.78. The number of anilines is 1. The molecule has 0 aliphatic carbocycles. The highest BCUT2D eigenvalue weighted by molar-refractivity contribution is 5.75. The third-order valence-corrected chi connectivity index (χ3v) is 2.87. The predicted octanol–water partition coefficient (Wildman–Crippen LogP) is 2.16. The Bertz CT molecular complexity index is 514. The lowest BCUT2D eigenvalue weighted by molar-refractivity contribution is 0.640. The molecule has 0 unspecified atom stereocenters. The normalized spacial score (nSPS) is 10.7. The molecule has 4 nitrogen and oxygen atoms in total. The lowest BCUT2D eigenvalue weighted by Gasteiger charge is -2.07. The van der Waals surface area contributed by atoms with Gasteiger partial charge in [0, 0.05) is 24.0 Å². The van der Waals surface area contributed by atoms with Crippen LogP contribution in [0.4, 0.5) is 5.69 Å². The highest BCUT2D eigenvalue weighted by atomic mass is 15.3. The number of nitrogens with zero attached hydrogens (tertiary/aromatic N) is 3. The zero-order chi connectivity index (χ0) is 11.7. The zero-order valence-corrected chi connectivity index (χ0v) is 9.86. The Morgan fingerprint density at radius 1 is 1.38 bits per heavy atom. The maximum absolute atomic E-state index is 6.03. The van der Waals surface area contributed by atoms with Gasteiger partial charge in [-0.1, -0.05) is 0 Å². The highest BCUT2D eigenvalue weighted by Gasteiger charge is 2.12. The van der Waals surface area contributed by atoms with Crippen LogP contribution in [-0.4, -0.2) is 14.8 Å². The summed E-state index contributed by atoms with van der Waals surface area (Å²) in [5, 5.41) is 4.30. The van der Waals surface area contributed by atoms with Crippen molar-refractivity contribution in [2.24, 2.45) is 0 Å². The maximum atomic E-state index is 6.03. The van der Waals surface area contributed by atoms with Crippen LogP contribution in [0.1, 0.15) is 18.2 Å². The van der Waals surface area contributed by atoms with Crippen LogP contribution in [0.3, 0.4) is 0 Å². The third-order valence-electron chi connectivity index (χ3n) is 2.87. The summed E-state index contributed by atoms with van der Waals surface area (Å²) < 4.78 is 1.94. The van der Waals surface area contributed by atoms with E-state index in [4.69, 9.17) is 5.73 Å². The van der Waals surface area contributed by atoms with Crippen LogP contribution < -0.4 is 5.73 Å². The van der Waals surface area contributed by atoms with Crippen molar-refractivity contribution in [1.82, 2.24) is 14.8 Å². The Morgan fingerprint density at radius 3 is 2.75 bits per heavy atom. The number of rotatable bonds is 2. The summed E-state index contributed by atoms with van der Waals surface area (Å²) in [5.41, 5.74) is 10.8. The third kappa shape index (κ3) is 1.56. The van der Waals surface area contributed by atoms with Crippen LogP contribution >= 0.6 is 0 Å². The summed E-state index contributed by atoms with van der Waals surface area (Å²) in [7, 11) is 0. The van der Waals surface area contributed by atoms with E-state index < -0.39 is 0 Å². The van der Waals surface area contributed by atoms with Gasteiger partial charge in [0.05, 0.1) is 17.6 Å². The van der Waals surface area contributed by atoms with Crippen LogP contribution in [0.2, 0.25) is 0 Å². The molecule has 0 aliphatic heterocycles. The quantitative estimate of drug-likeness (QED) is 0.837. The number of hydrogen-bond donors (Lipinski definition) is 1. The molecular weight excluding hydrogens is 200 g/mol. The Kier molecular flexibility index (Phi) is 2.64. The molecule has 0 saturated heterocycles. The lowest BCUT2D eigenvalue weighted by atomic mass is 10.1. The van der Waals surface area contributed by atoms with Crippen LogP contribution in [0.5, 0.6) is 0 Å². The molecule has 2 aromatic rings. The Hall–Kier alpha value is -1.84. The second-order valence-electron chi connectivity index (χ2n) is 3.85. The number of nitrogen functional groups attached to an aromatic ring is 1. The molecule has 2 N–H and O–H groups in total. The van der Waals surface area contributed by atoms with Gasteiger partial charge in [-0.15, -0.1) is 0 Å². The molecule has 2 rings (SSSR count). The Labute approximate surface area is 95.1 Å². The predicted molar refractivity (Wildman–Crippen MR) is 65.0 cm³/mol. The summed E-state index contributed by atoms with van der Waals surface area (Å²) in [6.07, 6.45) is 3.61. The van der Waals surface area contributed by atoms with Crippen molar-refractivity contribution in [2.45, 2.75) is 27.3 Å². The standard InChI is InChI=1S/C12H16N4/c1-4-16-9(3)10(7-15-16)12-11(13)8(2)5-6-14-12/h5-7H,4,13H2,1-3H3. The molecule has 0 aliphatic rings. The monoisotopic (exact) mass is 216 g/mol. The van der Waals surface area contributed by atoms with E-state index in [1.54, 1.807) is 6.20 Å². The SMILES string of the molecule is CCn1ncc(-c2nccc(C)c2N)c1C. The smallest absolute Gasteiger partial charge is 0.0968 e. The zero-order valence-electron chi connectivity index (χ0n) is 9.86. The average Bonchev–Trinajstić information content (AvgIpc) is 2.64. The second kappa shape index (κ2) is 3.96. The fourth-order valence-electron chi connectivity index (χ4n) is 1.78. The van der Waals surface area contributed by atoms with Crippen molar-refractivity contribution in [2.75, 3.05) is 5.73 Å². The van der Waals surface area contributed by atoms with E-state index in [9.17, 15) is 0 Å². The van der Waals surface area contributed by atoms with E-state index in [1.807, 2.05) is 30.8 Å². The lowest BCUT2D eigenvalue weighted by Crippen LogP contribution is -2.00. The van der Waals surface area contributed by atoms with E-state index in [0.29, 0.717) is 0 Å². The van der Waals surface area contributed by atoms with Crippen molar-refractivity contribution >= 4 is 5.69 Å². The molecule has 0 aromatic carbocycles. The fraction of sp³-hybridized carbons (Fsp3) is 0.333. The average molecular weight is 216 g/mol. The molecule has 0 spiro atoms. The van der Waals surface area contributed by atoms with Gasteiger partial charge < -0.3 is 5.73 Å². The van der Waals surface area contributed by atoms with E-state index in [-0.39, 0.29) is 0 Å². The van der Waals surface area contributed by atoms with Crippen molar-refractivity contribution < 1.29 is 0 Å². The molecule has 16 heavy (non-hydrogen) atoms. The number of aromatic nitrogens is 3. The molecule has 0 saturated carbocycles. The van der Waals surface area contributed by atoms with Crippen molar-refractivity contribution in [3.63, 3.8) is 0 Å². The van der Waals surface area contributed by atoms with Gasteiger partial charge in [0.1, 0.15) is 0 Å². The van der Waals surface area contributed by atoms with E-state index in [0.717, 1.165) is 34.7 Å². The van der Waals surface area contributed by atoms with E-state index >= 15 is 0 Å². The molecule has 2 aromatic heterocycles. The van der Waals surface area contributed by atoms with Crippen LogP contribution in [-0.2, 0) is 6.54 Å². The van der Waals surface area contributed by atoms with Gasteiger partial charge in [0.2, 0.25) is 0 Å². The number of pyridine rings is 1. The Balaban J connectivity index is 2.59. The minimum atomic E-state index is 0.737. The minimum absolute atomic E-state index is 0.737. The van der Waals surface area contributed by atoms with Gasteiger partial charge in [0.15, 0.2) is 0 Å². The van der Waals surface area contributed by atoms with E-state index in [1.165, 1.54) is 0 Å². The van der Waals surface area contributed by atoms with Crippen LogP contribution in [0, 0.1) is 13.8 Å². The summed E-state index contributed by atoms with van der Waals surface area (Å²) in [4.78, 5) is 4.34. The van der Waals surface area contributed by atoms with Gasteiger partial charge in [-0.2, -0.15) is 5.10 Å². The molecular formula is C12H16N4. The summed E-state index contributed by atoms with van der Waals surface area (Å²) >= 11 is 0. The van der Waals surface area contributed by atoms with Gasteiger partial charge in [-0.3, -0.25) is 9.67 Å². The first-order valence-electron chi connectivity index (χ1n) is 5.39. The number of hydrogen-bond acceptors (Lipinski definition) is 3. The second-order valence-corrected chi connectivity index (χ2v) is 3.85. The molecule has 2 heterocycles. The minimum Gasteiger partial charge on any atom is -0.397 e. The maximum Gasteiger partial charge on any atom is 0.0968 e. The van der Waals surface area contributed by atoms with Crippen molar-refractivity contribution in [3.8, 4) is 11.3 Å². The Morgan fingerprint density at radius 2 is 2.12 bits per heavy atom. The topological polar surface area (TPSA) is 56.7 Å².